The fraction of sp³-hybridized carbons (Fsp3) is 0.818. The number of hydrogen-bond acceptors (Lipinski definition) is 3. The van der Waals surface area contributed by atoms with Gasteiger partial charge in [-0.3, -0.25) is 0 Å². The van der Waals surface area contributed by atoms with Gasteiger partial charge in [-0.15, -0.1) is 0 Å². The molecule has 2 aliphatic rings. The van der Waals surface area contributed by atoms with Gasteiger partial charge in [-0.25, -0.2) is 0 Å². The van der Waals surface area contributed by atoms with Crippen LogP contribution in [-0.4, -0.2) is 30.7 Å². The van der Waals surface area contributed by atoms with Gasteiger partial charge in [-0.2, -0.15) is 0 Å². The van der Waals surface area contributed by atoms with Gasteiger partial charge < -0.3 is 14.2 Å². The summed E-state index contributed by atoms with van der Waals surface area (Å²) in [5, 5.41) is 0. The van der Waals surface area contributed by atoms with E-state index in [9.17, 15) is 0 Å². The smallest absolute Gasteiger partial charge is 0.164 e. The molecule has 2 saturated heterocycles. The SMILES string of the molecule is CC(C)=C[C@@H]1OC(C)(C)O[C@@H]1[C@@H]1CO1. The van der Waals surface area contributed by atoms with Gasteiger partial charge in [0.2, 0.25) is 0 Å². The van der Waals surface area contributed by atoms with E-state index in [2.05, 4.69) is 19.9 Å². The van der Waals surface area contributed by atoms with Gasteiger partial charge in [-0.05, 0) is 27.7 Å². The summed E-state index contributed by atoms with van der Waals surface area (Å²) in [6.45, 7) is 8.83. The summed E-state index contributed by atoms with van der Waals surface area (Å²) >= 11 is 0. The Morgan fingerprint density at radius 1 is 1.29 bits per heavy atom. The highest BCUT2D eigenvalue weighted by molar-refractivity contribution is 5.07. The molecule has 2 rings (SSSR count). The van der Waals surface area contributed by atoms with E-state index in [0.717, 1.165) is 6.61 Å². The first-order chi connectivity index (χ1) is 6.48. The van der Waals surface area contributed by atoms with Crippen LogP contribution in [0.2, 0.25) is 0 Å². The lowest BCUT2D eigenvalue weighted by molar-refractivity contribution is -0.144. The fourth-order valence-electron chi connectivity index (χ4n) is 1.81. The monoisotopic (exact) mass is 198 g/mol. The molecule has 0 spiro atoms. The third-order valence-electron chi connectivity index (χ3n) is 2.39. The number of epoxide rings is 1. The van der Waals surface area contributed by atoms with Crippen LogP contribution in [0.15, 0.2) is 11.6 Å². The standard InChI is InChI=1S/C11H18O3/c1-7(2)5-8-10(9-6-12-9)14-11(3,4)13-8/h5,8-10H,6H2,1-4H3/t8-,9-,10-/m0/s1. The van der Waals surface area contributed by atoms with Crippen molar-refractivity contribution < 1.29 is 14.2 Å². The fourth-order valence-corrected chi connectivity index (χ4v) is 1.81. The van der Waals surface area contributed by atoms with Crippen LogP contribution in [0.5, 0.6) is 0 Å². The molecule has 0 saturated carbocycles. The first-order valence-electron chi connectivity index (χ1n) is 5.10. The molecule has 0 aromatic rings. The molecule has 3 nitrogen and oxygen atoms in total. The molecule has 3 heteroatoms. The van der Waals surface area contributed by atoms with Gasteiger partial charge >= 0.3 is 0 Å². The predicted octanol–water partition coefficient (Wildman–Crippen LogP) is 1.87. The molecule has 0 aromatic carbocycles. The van der Waals surface area contributed by atoms with Crippen molar-refractivity contribution >= 4 is 0 Å². The molecule has 0 N–H and O–H groups in total. The van der Waals surface area contributed by atoms with E-state index in [4.69, 9.17) is 14.2 Å². The molecular weight excluding hydrogens is 180 g/mol. The molecule has 0 aliphatic carbocycles. The summed E-state index contributed by atoms with van der Waals surface area (Å²) in [4.78, 5) is 0. The van der Waals surface area contributed by atoms with Crippen molar-refractivity contribution in [2.45, 2.75) is 51.8 Å². The van der Waals surface area contributed by atoms with Gasteiger partial charge in [0.15, 0.2) is 5.79 Å². The van der Waals surface area contributed by atoms with Crippen molar-refractivity contribution in [3.05, 3.63) is 11.6 Å². The first-order valence-corrected chi connectivity index (χ1v) is 5.10. The van der Waals surface area contributed by atoms with Crippen LogP contribution in [0.1, 0.15) is 27.7 Å². The Hall–Kier alpha value is -0.380. The minimum absolute atomic E-state index is 0.0440. The average molecular weight is 198 g/mol. The molecule has 0 bridgehead atoms. The van der Waals surface area contributed by atoms with Crippen molar-refractivity contribution in [1.82, 2.24) is 0 Å². The minimum atomic E-state index is -0.479. The summed E-state index contributed by atoms with van der Waals surface area (Å²) in [7, 11) is 0. The Morgan fingerprint density at radius 2 is 1.93 bits per heavy atom. The third kappa shape index (κ3) is 2.16. The van der Waals surface area contributed by atoms with Crippen LogP contribution in [0, 0.1) is 0 Å². The van der Waals surface area contributed by atoms with E-state index < -0.39 is 5.79 Å². The molecule has 14 heavy (non-hydrogen) atoms. The second-order valence-corrected chi connectivity index (χ2v) is 4.68. The molecule has 2 aliphatic heterocycles. The van der Waals surface area contributed by atoms with Crippen molar-refractivity contribution in [3.8, 4) is 0 Å². The van der Waals surface area contributed by atoms with E-state index in [0.29, 0.717) is 0 Å². The highest BCUT2D eigenvalue weighted by Gasteiger charge is 2.48. The topological polar surface area (TPSA) is 31.0 Å². The summed E-state index contributed by atoms with van der Waals surface area (Å²) in [5.74, 6) is -0.479. The second-order valence-electron chi connectivity index (χ2n) is 4.68. The predicted molar refractivity (Wildman–Crippen MR) is 53.0 cm³/mol. The lowest BCUT2D eigenvalue weighted by Crippen LogP contribution is -2.27. The van der Waals surface area contributed by atoms with Crippen LogP contribution in [0.4, 0.5) is 0 Å². The van der Waals surface area contributed by atoms with Crippen molar-refractivity contribution in [2.24, 2.45) is 0 Å². The van der Waals surface area contributed by atoms with Gasteiger partial charge in [0.25, 0.3) is 0 Å². The number of ether oxygens (including phenoxy) is 3. The second kappa shape index (κ2) is 3.33. The molecule has 80 valence electrons. The summed E-state index contributed by atoms with van der Waals surface area (Å²) in [6, 6.07) is 0. The molecular formula is C11H18O3. The average Bonchev–Trinajstić information content (AvgIpc) is 2.76. The van der Waals surface area contributed by atoms with Gasteiger partial charge in [0.05, 0.1) is 6.61 Å². The van der Waals surface area contributed by atoms with E-state index >= 15 is 0 Å². The van der Waals surface area contributed by atoms with E-state index in [1.54, 1.807) is 0 Å². The van der Waals surface area contributed by atoms with Gasteiger partial charge in [0, 0.05) is 0 Å². The Labute approximate surface area is 85.0 Å². The molecule has 2 heterocycles. The van der Waals surface area contributed by atoms with E-state index in [-0.39, 0.29) is 18.3 Å². The molecule has 0 radical (unpaired) electrons. The molecule has 0 aromatic heterocycles. The number of hydrogen-bond donors (Lipinski definition) is 0. The van der Waals surface area contributed by atoms with E-state index in [1.807, 2.05) is 13.8 Å². The van der Waals surface area contributed by atoms with Gasteiger partial charge in [-0.1, -0.05) is 11.6 Å². The molecule has 3 atom stereocenters. The first kappa shape index (κ1) is 10.1. The van der Waals surface area contributed by atoms with Crippen molar-refractivity contribution in [1.29, 1.82) is 0 Å². The van der Waals surface area contributed by atoms with Crippen LogP contribution < -0.4 is 0 Å². The normalized spacial score (nSPS) is 39.6. The molecule has 2 fully saturated rings. The third-order valence-corrected chi connectivity index (χ3v) is 2.39. The Balaban J connectivity index is 2.09. The summed E-state index contributed by atoms with van der Waals surface area (Å²) in [6.07, 6.45) is 2.46. The zero-order chi connectivity index (χ0) is 10.3. The summed E-state index contributed by atoms with van der Waals surface area (Å²) < 4.78 is 16.9. The molecule has 0 amide bonds. The Morgan fingerprint density at radius 3 is 2.43 bits per heavy atom. The van der Waals surface area contributed by atoms with Crippen LogP contribution in [0.3, 0.4) is 0 Å². The summed E-state index contributed by atoms with van der Waals surface area (Å²) in [5.41, 5.74) is 1.25. The maximum Gasteiger partial charge on any atom is 0.164 e. The number of rotatable bonds is 2. The minimum Gasteiger partial charge on any atom is -0.370 e. The lowest BCUT2D eigenvalue weighted by Gasteiger charge is -2.16. The van der Waals surface area contributed by atoms with Crippen molar-refractivity contribution in [3.63, 3.8) is 0 Å². The quantitative estimate of drug-likeness (QED) is 0.501. The lowest BCUT2D eigenvalue weighted by atomic mass is 10.1. The highest BCUT2D eigenvalue weighted by Crippen LogP contribution is 2.35. The van der Waals surface area contributed by atoms with Gasteiger partial charge in [0.1, 0.15) is 18.3 Å². The zero-order valence-corrected chi connectivity index (χ0v) is 9.24. The maximum absolute atomic E-state index is 5.79. The molecule has 0 unspecified atom stereocenters. The van der Waals surface area contributed by atoms with E-state index in [1.165, 1.54) is 5.57 Å². The van der Waals surface area contributed by atoms with Crippen LogP contribution in [-0.2, 0) is 14.2 Å². The van der Waals surface area contributed by atoms with Crippen LogP contribution >= 0.6 is 0 Å². The maximum atomic E-state index is 5.79. The van der Waals surface area contributed by atoms with Crippen LogP contribution in [0.25, 0.3) is 0 Å². The van der Waals surface area contributed by atoms with Crippen molar-refractivity contribution in [2.75, 3.05) is 6.61 Å². The highest BCUT2D eigenvalue weighted by atomic mass is 16.8. The Kier molecular flexibility index (Phi) is 2.41. The Bertz CT molecular complexity index is 249. The largest absolute Gasteiger partial charge is 0.370 e. The zero-order valence-electron chi connectivity index (χ0n) is 9.24. The number of allylic oxidation sites excluding steroid dienone is 1.